The van der Waals surface area contributed by atoms with Gasteiger partial charge in [-0.1, -0.05) is 60.6 Å². The van der Waals surface area contributed by atoms with Crippen molar-refractivity contribution in [2.24, 2.45) is 28.7 Å². The van der Waals surface area contributed by atoms with Gasteiger partial charge in [-0.05, 0) is 74.5 Å². The van der Waals surface area contributed by atoms with E-state index in [9.17, 15) is 72.5 Å². The lowest BCUT2D eigenvalue weighted by Crippen LogP contribution is -2.56. The Morgan fingerprint density at radius 3 is 1.80 bits per heavy atom. The highest BCUT2D eigenvalue weighted by atomic mass is 16.6. The van der Waals surface area contributed by atoms with Crippen LogP contribution in [0.1, 0.15) is 119 Å². The lowest BCUT2D eigenvalue weighted by Gasteiger charge is -2.29. The van der Waals surface area contributed by atoms with Crippen molar-refractivity contribution in [2.45, 2.75) is 150 Å². The number of aliphatic carboxylic acids is 2. The molecule has 0 radical (unpaired) electrons. The van der Waals surface area contributed by atoms with Gasteiger partial charge in [0.05, 0.1) is 32.5 Å². The van der Waals surface area contributed by atoms with Gasteiger partial charge in [0, 0.05) is 69.6 Å². The molecule has 10 amide bonds. The minimum atomic E-state index is -1.72. The zero-order valence-corrected chi connectivity index (χ0v) is 50.3. The standard InChI is InChI=1S/C56H88N12O16/c1-13-37(49(58-11)39(26-46(74)75)41(57-10)24-31(2)3)25-43(71)59-21-15-14-16-40(64-35(9)70)52(79)61-28-44(72)66-42(27-47(76)77)53(80)62-29-45(73)67-48(32(4)5)54(81)63-34(8)51(78)65-38-19-17-36(18-20-38)30-84-56(83)68(12)50(33(6)7)55(82)60-22-23-69/h17-20,23,31-34,37,40,42,48,50,57H,13-16,21-22,24-30H2,1-12H3,(H,59,71)(H,60,82)(H,61,79)(H,62,80)(H,63,81)(H,64,70)(H,65,78)(H,66,72)(H,67,73)(H,74,75)(H,76,77)/t34-,37+,40-,42-,48-,50-/m0/s1. The number of aliphatic imine (C=N–C) groups is 1. The first-order valence-corrected chi connectivity index (χ1v) is 27.8. The average Bonchev–Trinajstić information content (AvgIpc) is 3.50. The Bertz CT molecular complexity index is 2520. The Kier molecular flexibility index (Phi) is 33.6. The zero-order valence-electron chi connectivity index (χ0n) is 50.3. The van der Waals surface area contributed by atoms with Crippen molar-refractivity contribution in [2.75, 3.05) is 52.6 Å². The summed E-state index contributed by atoms with van der Waals surface area (Å²) in [6.07, 6.45) is 0.515. The largest absolute Gasteiger partial charge is 0.481 e. The fourth-order valence-corrected chi connectivity index (χ4v) is 8.60. The molecule has 0 aliphatic carbocycles. The topological polar surface area (TPSA) is 407 Å². The number of carboxylic acids is 2. The van der Waals surface area contributed by atoms with E-state index in [0.29, 0.717) is 54.5 Å². The maximum atomic E-state index is 13.3. The van der Waals surface area contributed by atoms with Crippen LogP contribution in [-0.4, -0.2) is 176 Å². The van der Waals surface area contributed by atoms with Crippen molar-refractivity contribution >= 4 is 88.9 Å². The molecule has 1 aromatic carbocycles. The first-order valence-electron chi connectivity index (χ1n) is 27.8. The van der Waals surface area contributed by atoms with E-state index >= 15 is 0 Å². The number of likely N-dealkylation sites (N-methyl/N-ethyl adjacent to an activating group) is 1. The number of ether oxygens (including phenoxy) is 1. The number of aldehydes is 1. The van der Waals surface area contributed by atoms with E-state index in [1.54, 1.807) is 53.9 Å². The van der Waals surface area contributed by atoms with Gasteiger partial charge >= 0.3 is 18.0 Å². The number of rotatable bonds is 38. The molecule has 12 N–H and O–H groups in total. The summed E-state index contributed by atoms with van der Waals surface area (Å²) < 4.78 is 5.36. The van der Waals surface area contributed by atoms with Crippen molar-refractivity contribution in [1.29, 1.82) is 0 Å². The lowest BCUT2D eigenvalue weighted by atomic mass is 9.87. The fraction of sp³-hybridized carbons (Fsp3) is 0.607. The normalized spacial score (nSPS) is 13.7. The van der Waals surface area contributed by atoms with Crippen molar-refractivity contribution in [3.63, 3.8) is 0 Å². The molecule has 0 saturated heterocycles. The summed E-state index contributed by atoms with van der Waals surface area (Å²) >= 11 is 0. The quantitative estimate of drug-likeness (QED) is 0.0246. The third kappa shape index (κ3) is 27.5. The molecular weight excluding hydrogens is 1100 g/mol. The molecule has 0 fully saturated rings. The number of hydrogen-bond acceptors (Lipinski definition) is 16. The van der Waals surface area contributed by atoms with Crippen LogP contribution in [0.5, 0.6) is 0 Å². The van der Waals surface area contributed by atoms with Crippen LogP contribution in [0.15, 0.2) is 40.5 Å². The van der Waals surface area contributed by atoms with Gasteiger partial charge in [0.25, 0.3) is 0 Å². The van der Waals surface area contributed by atoms with Crippen molar-refractivity contribution in [3.05, 3.63) is 41.1 Å². The van der Waals surface area contributed by atoms with Crippen molar-refractivity contribution < 1.29 is 77.3 Å². The fourth-order valence-electron chi connectivity index (χ4n) is 8.60. The van der Waals surface area contributed by atoms with Gasteiger partial charge in [0.15, 0.2) is 0 Å². The number of allylic oxidation sites excluding steroid dienone is 1. The summed E-state index contributed by atoms with van der Waals surface area (Å²) in [4.78, 5) is 169. The van der Waals surface area contributed by atoms with Crippen LogP contribution in [-0.2, 0) is 68.9 Å². The molecule has 0 spiro atoms. The van der Waals surface area contributed by atoms with E-state index in [-0.39, 0.29) is 62.6 Å². The van der Waals surface area contributed by atoms with Crippen LogP contribution in [0.2, 0.25) is 0 Å². The summed E-state index contributed by atoms with van der Waals surface area (Å²) in [5, 5.41) is 44.5. The third-order valence-electron chi connectivity index (χ3n) is 12.8. The summed E-state index contributed by atoms with van der Waals surface area (Å²) in [7, 11) is 4.69. The number of benzene rings is 1. The molecule has 0 unspecified atom stereocenters. The Hall–Kier alpha value is -8.46. The van der Waals surface area contributed by atoms with E-state index in [0.717, 1.165) is 10.6 Å². The predicted molar refractivity (Wildman–Crippen MR) is 309 cm³/mol. The number of carbonyl (C=O) groups is 13. The molecule has 0 aromatic heterocycles. The molecule has 28 heteroatoms. The van der Waals surface area contributed by atoms with Gasteiger partial charge in [-0.3, -0.25) is 62.6 Å². The maximum absolute atomic E-state index is 13.3. The number of carboxylic acid groups (broad SMARTS) is 2. The first kappa shape index (κ1) is 73.6. The summed E-state index contributed by atoms with van der Waals surface area (Å²) in [6.45, 7) is 13.5. The summed E-state index contributed by atoms with van der Waals surface area (Å²) in [5.74, 6) is -9.96. The van der Waals surface area contributed by atoms with Gasteiger partial charge in [-0.2, -0.15) is 0 Å². The van der Waals surface area contributed by atoms with Gasteiger partial charge < -0.3 is 72.9 Å². The Labute approximate surface area is 490 Å². The minimum absolute atomic E-state index is 0.0443. The maximum Gasteiger partial charge on any atom is 0.410 e. The molecule has 28 nitrogen and oxygen atoms in total. The van der Waals surface area contributed by atoms with E-state index in [4.69, 9.17) is 4.74 Å². The number of carbonyl (C=O) groups excluding carboxylic acids is 11. The molecule has 1 aromatic rings. The second-order valence-electron chi connectivity index (χ2n) is 21.0. The molecule has 0 saturated carbocycles. The van der Waals surface area contributed by atoms with Crippen LogP contribution in [0.25, 0.3) is 0 Å². The van der Waals surface area contributed by atoms with Gasteiger partial charge in [-0.15, -0.1) is 0 Å². The number of hydrogen-bond donors (Lipinski definition) is 12. The molecule has 0 bridgehead atoms. The highest BCUT2D eigenvalue weighted by Gasteiger charge is 2.32. The Morgan fingerprint density at radius 1 is 0.679 bits per heavy atom. The molecule has 0 heterocycles. The van der Waals surface area contributed by atoms with Crippen LogP contribution < -0.4 is 53.2 Å². The Balaban J connectivity index is 2.79. The van der Waals surface area contributed by atoms with Gasteiger partial charge in [0.1, 0.15) is 43.1 Å². The van der Waals surface area contributed by atoms with E-state index in [1.165, 1.54) is 33.0 Å². The molecule has 0 aliphatic heterocycles. The predicted octanol–water partition coefficient (Wildman–Crippen LogP) is 0.643. The number of unbranched alkanes of at least 4 members (excludes halogenated alkanes) is 1. The van der Waals surface area contributed by atoms with Crippen LogP contribution in [0.3, 0.4) is 0 Å². The van der Waals surface area contributed by atoms with Crippen molar-refractivity contribution in [3.8, 4) is 0 Å². The number of anilines is 1. The van der Waals surface area contributed by atoms with E-state index in [2.05, 4.69) is 58.2 Å². The second-order valence-corrected chi connectivity index (χ2v) is 21.0. The lowest BCUT2D eigenvalue weighted by molar-refractivity contribution is -0.141. The average molecular weight is 1190 g/mol. The first-order chi connectivity index (χ1) is 39.5. The minimum Gasteiger partial charge on any atom is -0.481 e. The molecule has 468 valence electrons. The summed E-state index contributed by atoms with van der Waals surface area (Å²) in [5.41, 5.74) is 2.69. The van der Waals surface area contributed by atoms with Crippen molar-refractivity contribution in [1.82, 2.24) is 52.8 Å². The molecule has 1 rings (SSSR count). The van der Waals surface area contributed by atoms with Crippen LogP contribution in [0.4, 0.5) is 10.5 Å². The van der Waals surface area contributed by atoms with Crippen LogP contribution >= 0.6 is 0 Å². The highest BCUT2D eigenvalue weighted by molar-refractivity contribution is 6.06. The molecular formula is C56H88N12O16. The molecule has 6 atom stereocenters. The Morgan fingerprint density at radius 2 is 1.29 bits per heavy atom. The molecule has 84 heavy (non-hydrogen) atoms. The number of amides is 10. The smallest absolute Gasteiger partial charge is 0.410 e. The SMILES string of the molecule is CC[C@H](CC(=O)NCCCC[C@H](NC(C)=O)C(=O)NCC(=O)N[C@@H](CC(=O)O)C(=O)NCC(=O)N[C@H](C(=O)N[C@@H](C)C(=O)Nc1ccc(COC(=O)N(C)[C@H](C(=O)NCC=O)C(C)C)cc1)C(C)C)C(=NC)C(CC(=O)O)=C(CC(C)C)NC. The molecule has 0 aliphatic rings. The highest BCUT2D eigenvalue weighted by Crippen LogP contribution is 2.25. The second kappa shape index (κ2) is 38.3. The monoisotopic (exact) mass is 1180 g/mol. The van der Waals surface area contributed by atoms with Gasteiger partial charge in [0.2, 0.25) is 53.2 Å². The van der Waals surface area contributed by atoms with Crippen LogP contribution in [0, 0.1) is 23.7 Å². The number of nitrogens with zero attached hydrogens (tertiary/aromatic N) is 2. The number of nitrogens with one attached hydrogen (secondary N) is 10. The summed E-state index contributed by atoms with van der Waals surface area (Å²) in [6, 6.07) is 0.135. The van der Waals surface area contributed by atoms with Gasteiger partial charge in [-0.25, -0.2) is 4.79 Å². The zero-order chi connectivity index (χ0) is 63.8. The third-order valence-corrected chi connectivity index (χ3v) is 12.8. The van der Waals surface area contributed by atoms with E-state index < -0.39 is 121 Å². The van der Waals surface area contributed by atoms with E-state index in [1.807, 2.05) is 20.8 Å².